The molecule has 0 saturated carbocycles. The van der Waals surface area contributed by atoms with Gasteiger partial charge < -0.3 is 4.74 Å². The Labute approximate surface area is 121 Å². The van der Waals surface area contributed by atoms with E-state index in [1.807, 2.05) is 18.7 Å². The molecule has 102 valence electrons. The average molecular weight is 335 g/mol. The molecule has 1 rings (SSSR count). The van der Waals surface area contributed by atoms with Crippen LogP contribution in [-0.4, -0.2) is 28.1 Å². The van der Waals surface area contributed by atoms with Crippen molar-refractivity contribution >= 4 is 33.7 Å². The topological polar surface area (TPSA) is 44.1 Å². The monoisotopic (exact) mass is 334 g/mol. The zero-order valence-corrected chi connectivity index (χ0v) is 13.6. The first kappa shape index (κ1) is 15.6. The largest absolute Gasteiger partial charge is 0.469 e. The predicted octanol–water partition coefficient (Wildman–Crippen LogP) is 2.93. The first-order valence-electron chi connectivity index (χ1n) is 5.88. The van der Waals surface area contributed by atoms with Crippen molar-refractivity contribution in [1.82, 2.24) is 9.78 Å². The van der Waals surface area contributed by atoms with Crippen molar-refractivity contribution in [1.29, 1.82) is 0 Å². The molecular weight excluding hydrogens is 316 g/mol. The van der Waals surface area contributed by atoms with E-state index in [0.29, 0.717) is 6.42 Å². The van der Waals surface area contributed by atoms with Crippen LogP contribution in [0.3, 0.4) is 0 Å². The normalized spacial score (nSPS) is 12.5. The van der Waals surface area contributed by atoms with E-state index in [-0.39, 0.29) is 11.2 Å². The maximum atomic E-state index is 11.2. The number of halogens is 1. The second-order valence-corrected chi connectivity index (χ2v) is 6.31. The van der Waals surface area contributed by atoms with E-state index >= 15 is 0 Å². The number of hydrogen-bond donors (Lipinski definition) is 0. The number of carbonyl (C=O) groups is 1. The summed E-state index contributed by atoms with van der Waals surface area (Å²) in [5, 5.41) is 4.69. The van der Waals surface area contributed by atoms with Gasteiger partial charge in [0.2, 0.25) is 0 Å². The van der Waals surface area contributed by atoms with Crippen molar-refractivity contribution in [2.45, 2.75) is 37.7 Å². The van der Waals surface area contributed by atoms with Gasteiger partial charge in [-0.25, -0.2) is 0 Å². The van der Waals surface area contributed by atoms with E-state index in [9.17, 15) is 4.79 Å². The summed E-state index contributed by atoms with van der Waals surface area (Å²) < 4.78 is 7.65. The van der Waals surface area contributed by atoms with Gasteiger partial charge in [-0.2, -0.15) is 16.9 Å². The lowest BCUT2D eigenvalue weighted by atomic mass is 10.3. The van der Waals surface area contributed by atoms with Crippen LogP contribution in [0.4, 0.5) is 0 Å². The van der Waals surface area contributed by atoms with Gasteiger partial charge in [-0.05, 0) is 22.4 Å². The molecule has 0 aliphatic heterocycles. The molecule has 1 heterocycles. The highest BCUT2D eigenvalue weighted by atomic mass is 79.9. The molecule has 1 atom stereocenters. The Morgan fingerprint density at radius 2 is 2.28 bits per heavy atom. The third-order valence-corrected chi connectivity index (χ3v) is 4.78. The summed E-state index contributed by atoms with van der Waals surface area (Å²) in [6, 6.07) is 0. The number of nitrogens with zero attached hydrogens (tertiary/aromatic N) is 2. The van der Waals surface area contributed by atoms with Crippen LogP contribution in [0, 0.1) is 0 Å². The minimum absolute atomic E-state index is 0.159. The molecule has 0 aliphatic carbocycles. The highest BCUT2D eigenvalue weighted by Crippen LogP contribution is 2.27. The molecule has 0 aliphatic rings. The van der Waals surface area contributed by atoms with Crippen LogP contribution in [0.1, 0.15) is 31.7 Å². The second-order valence-electron chi connectivity index (χ2n) is 4.09. The Kier molecular flexibility index (Phi) is 6.21. The lowest BCUT2D eigenvalue weighted by Crippen LogP contribution is -2.09. The van der Waals surface area contributed by atoms with Crippen molar-refractivity contribution in [3.63, 3.8) is 0 Å². The molecule has 0 N–H and O–H groups in total. The standard InChI is InChI=1S/C12H19BrN2O2S/c1-5-9-12(13)10(15(3)14-9)7-18-8(2)6-11(16)17-4/h8H,5-7H2,1-4H3. The summed E-state index contributed by atoms with van der Waals surface area (Å²) >= 11 is 5.32. The Balaban J connectivity index is 2.58. The van der Waals surface area contributed by atoms with E-state index in [2.05, 4.69) is 32.7 Å². The Morgan fingerprint density at radius 1 is 1.61 bits per heavy atom. The van der Waals surface area contributed by atoms with E-state index in [0.717, 1.165) is 28.0 Å². The Morgan fingerprint density at radius 3 is 2.78 bits per heavy atom. The molecule has 0 fully saturated rings. The number of carbonyl (C=O) groups excluding carboxylic acids is 1. The summed E-state index contributed by atoms with van der Waals surface area (Å²) in [7, 11) is 3.37. The van der Waals surface area contributed by atoms with Gasteiger partial charge in [0.05, 0.1) is 29.4 Å². The molecule has 0 aromatic carbocycles. The van der Waals surface area contributed by atoms with Crippen LogP contribution >= 0.6 is 27.7 Å². The highest BCUT2D eigenvalue weighted by Gasteiger charge is 2.15. The number of aryl methyl sites for hydroxylation is 2. The molecule has 18 heavy (non-hydrogen) atoms. The lowest BCUT2D eigenvalue weighted by Gasteiger charge is -2.10. The average Bonchev–Trinajstić information content (AvgIpc) is 2.61. The summed E-state index contributed by atoms with van der Waals surface area (Å²) in [6.07, 6.45) is 1.36. The quantitative estimate of drug-likeness (QED) is 0.750. The Bertz CT molecular complexity index is 420. The number of methoxy groups -OCH3 is 1. The number of rotatable bonds is 6. The zero-order valence-electron chi connectivity index (χ0n) is 11.2. The van der Waals surface area contributed by atoms with Crippen LogP contribution < -0.4 is 0 Å². The van der Waals surface area contributed by atoms with Crippen molar-refractivity contribution in [2.24, 2.45) is 7.05 Å². The maximum absolute atomic E-state index is 11.2. The molecular formula is C12H19BrN2O2S. The molecule has 0 spiro atoms. The molecule has 0 bridgehead atoms. The maximum Gasteiger partial charge on any atom is 0.306 e. The highest BCUT2D eigenvalue weighted by molar-refractivity contribution is 9.10. The van der Waals surface area contributed by atoms with Crippen molar-refractivity contribution < 1.29 is 9.53 Å². The van der Waals surface area contributed by atoms with Gasteiger partial charge in [-0.3, -0.25) is 9.48 Å². The van der Waals surface area contributed by atoms with E-state index in [1.54, 1.807) is 11.8 Å². The van der Waals surface area contributed by atoms with Gasteiger partial charge in [-0.15, -0.1) is 0 Å². The van der Waals surface area contributed by atoms with Gasteiger partial charge in [0.25, 0.3) is 0 Å². The predicted molar refractivity (Wildman–Crippen MR) is 77.7 cm³/mol. The molecule has 1 aromatic heterocycles. The summed E-state index contributed by atoms with van der Waals surface area (Å²) in [5.74, 6) is 0.677. The molecule has 1 unspecified atom stereocenters. The molecule has 0 amide bonds. The van der Waals surface area contributed by atoms with Gasteiger partial charge in [-0.1, -0.05) is 13.8 Å². The molecule has 4 nitrogen and oxygen atoms in total. The summed E-state index contributed by atoms with van der Waals surface area (Å²) in [5.41, 5.74) is 2.24. The zero-order chi connectivity index (χ0) is 13.7. The molecule has 6 heteroatoms. The Hall–Kier alpha value is -0.490. The van der Waals surface area contributed by atoms with Crippen LogP contribution in [0.2, 0.25) is 0 Å². The lowest BCUT2D eigenvalue weighted by molar-refractivity contribution is -0.140. The fourth-order valence-corrected chi connectivity index (χ4v) is 3.54. The summed E-state index contributed by atoms with van der Waals surface area (Å²) in [4.78, 5) is 11.2. The first-order chi connectivity index (χ1) is 8.49. The second kappa shape index (κ2) is 7.19. The molecule has 0 radical (unpaired) electrons. The smallest absolute Gasteiger partial charge is 0.306 e. The van der Waals surface area contributed by atoms with Crippen molar-refractivity contribution in [3.8, 4) is 0 Å². The van der Waals surface area contributed by atoms with Gasteiger partial charge in [0, 0.05) is 18.1 Å². The van der Waals surface area contributed by atoms with Crippen molar-refractivity contribution in [3.05, 3.63) is 15.9 Å². The van der Waals surface area contributed by atoms with Crippen LogP contribution in [0.25, 0.3) is 0 Å². The van der Waals surface area contributed by atoms with Gasteiger partial charge in [0.1, 0.15) is 0 Å². The fraction of sp³-hybridized carbons (Fsp3) is 0.667. The number of thioether (sulfide) groups is 1. The summed E-state index contributed by atoms with van der Waals surface area (Å²) in [6.45, 7) is 4.12. The number of ether oxygens (including phenoxy) is 1. The van der Waals surface area contributed by atoms with Crippen LogP contribution in [0.15, 0.2) is 4.47 Å². The SMILES string of the molecule is CCc1nn(C)c(CSC(C)CC(=O)OC)c1Br. The van der Waals surface area contributed by atoms with Gasteiger partial charge >= 0.3 is 5.97 Å². The minimum atomic E-state index is -0.159. The van der Waals surface area contributed by atoms with Gasteiger partial charge in [0.15, 0.2) is 0 Å². The third-order valence-electron chi connectivity index (χ3n) is 2.69. The van der Waals surface area contributed by atoms with Crippen LogP contribution in [-0.2, 0) is 28.8 Å². The fourth-order valence-electron chi connectivity index (χ4n) is 1.57. The number of aromatic nitrogens is 2. The van der Waals surface area contributed by atoms with Crippen LogP contribution in [0.5, 0.6) is 0 Å². The first-order valence-corrected chi connectivity index (χ1v) is 7.72. The van der Waals surface area contributed by atoms with E-state index in [4.69, 9.17) is 0 Å². The minimum Gasteiger partial charge on any atom is -0.469 e. The third kappa shape index (κ3) is 4.02. The number of esters is 1. The molecule has 1 aromatic rings. The number of hydrogen-bond acceptors (Lipinski definition) is 4. The van der Waals surface area contributed by atoms with E-state index < -0.39 is 0 Å². The molecule has 0 saturated heterocycles. The van der Waals surface area contributed by atoms with Crippen molar-refractivity contribution in [2.75, 3.05) is 7.11 Å². The van der Waals surface area contributed by atoms with E-state index in [1.165, 1.54) is 7.11 Å².